The van der Waals surface area contributed by atoms with Crippen LogP contribution in [0.3, 0.4) is 0 Å². The molecule has 0 bridgehead atoms. The van der Waals surface area contributed by atoms with Gasteiger partial charge in [0.15, 0.2) is 11.5 Å². The van der Waals surface area contributed by atoms with Crippen molar-refractivity contribution >= 4 is 29.3 Å². The molecule has 0 radical (unpaired) electrons. The predicted molar refractivity (Wildman–Crippen MR) is 99.3 cm³/mol. The van der Waals surface area contributed by atoms with E-state index in [1.165, 1.54) is 18.7 Å². The lowest BCUT2D eigenvalue weighted by Gasteiger charge is -2.10. The van der Waals surface area contributed by atoms with Crippen LogP contribution < -0.4 is 14.8 Å². The molecule has 1 N–H and O–H groups in total. The summed E-state index contributed by atoms with van der Waals surface area (Å²) in [4.78, 5) is 24.0. The molecule has 0 heterocycles. The van der Waals surface area contributed by atoms with Gasteiger partial charge in [-0.15, -0.1) is 11.8 Å². The smallest absolute Gasteiger partial charge is 0.321 e. The van der Waals surface area contributed by atoms with E-state index in [4.69, 9.17) is 9.47 Å². The Bertz CT molecular complexity index is 716. The standard InChI is InChI=1S/C19H21NO4S/c1-3-12-23-17-6-4-5-7-18(17)24-19(22)13-25-16-10-8-15(9-11-16)20-14(2)21/h4-11H,3,12-13H2,1-2H3,(H,20,21). The zero-order valence-electron chi connectivity index (χ0n) is 14.3. The number of esters is 1. The largest absolute Gasteiger partial charge is 0.490 e. The number of thioether (sulfide) groups is 1. The van der Waals surface area contributed by atoms with Gasteiger partial charge in [0.1, 0.15) is 0 Å². The van der Waals surface area contributed by atoms with Crippen LogP contribution in [-0.4, -0.2) is 24.2 Å². The van der Waals surface area contributed by atoms with Gasteiger partial charge in [0.05, 0.1) is 12.4 Å². The molecule has 0 spiro atoms. The first kappa shape index (κ1) is 18.9. The van der Waals surface area contributed by atoms with Crippen molar-refractivity contribution in [3.05, 3.63) is 48.5 Å². The van der Waals surface area contributed by atoms with Gasteiger partial charge in [-0.05, 0) is 42.8 Å². The monoisotopic (exact) mass is 359 g/mol. The predicted octanol–water partition coefficient (Wildman–Crippen LogP) is 4.13. The molecule has 0 saturated heterocycles. The van der Waals surface area contributed by atoms with Gasteiger partial charge < -0.3 is 14.8 Å². The van der Waals surface area contributed by atoms with E-state index < -0.39 is 0 Å². The van der Waals surface area contributed by atoms with Gasteiger partial charge in [-0.3, -0.25) is 9.59 Å². The lowest BCUT2D eigenvalue weighted by molar-refractivity contribution is -0.131. The summed E-state index contributed by atoms with van der Waals surface area (Å²) in [5.74, 6) is 0.725. The maximum atomic E-state index is 12.1. The Hall–Kier alpha value is -2.47. The highest BCUT2D eigenvalue weighted by Gasteiger charge is 2.10. The van der Waals surface area contributed by atoms with Gasteiger partial charge in [0.2, 0.25) is 5.91 Å². The summed E-state index contributed by atoms with van der Waals surface area (Å²) in [7, 11) is 0. The van der Waals surface area contributed by atoms with Gasteiger partial charge in [0, 0.05) is 17.5 Å². The fourth-order valence-corrected chi connectivity index (χ4v) is 2.67. The molecule has 1 amide bonds. The minimum atomic E-state index is -0.344. The number of carbonyl (C=O) groups excluding carboxylic acids is 2. The quantitative estimate of drug-likeness (QED) is 0.436. The molecule has 0 atom stereocenters. The highest BCUT2D eigenvalue weighted by Crippen LogP contribution is 2.27. The number of nitrogens with one attached hydrogen (secondary N) is 1. The second-order valence-corrected chi connectivity index (χ2v) is 6.31. The molecular weight excluding hydrogens is 338 g/mol. The highest BCUT2D eigenvalue weighted by molar-refractivity contribution is 8.00. The van der Waals surface area contributed by atoms with Crippen LogP contribution in [0.25, 0.3) is 0 Å². The lowest BCUT2D eigenvalue weighted by Crippen LogP contribution is -2.11. The number of hydrogen-bond acceptors (Lipinski definition) is 5. The number of amides is 1. The lowest BCUT2D eigenvalue weighted by atomic mass is 10.3. The van der Waals surface area contributed by atoms with Crippen molar-refractivity contribution in [2.24, 2.45) is 0 Å². The van der Waals surface area contributed by atoms with Gasteiger partial charge >= 0.3 is 5.97 Å². The van der Waals surface area contributed by atoms with Crippen molar-refractivity contribution in [2.75, 3.05) is 17.7 Å². The maximum Gasteiger partial charge on any atom is 0.321 e. The molecule has 2 aromatic carbocycles. The summed E-state index contributed by atoms with van der Waals surface area (Å²) < 4.78 is 11.0. The van der Waals surface area contributed by atoms with Crippen molar-refractivity contribution in [3.63, 3.8) is 0 Å². The molecular formula is C19H21NO4S. The average Bonchev–Trinajstić information content (AvgIpc) is 2.60. The van der Waals surface area contributed by atoms with E-state index in [-0.39, 0.29) is 17.6 Å². The van der Waals surface area contributed by atoms with Crippen LogP contribution in [0.5, 0.6) is 11.5 Å². The molecule has 6 heteroatoms. The normalized spacial score (nSPS) is 10.2. The summed E-state index contributed by atoms with van der Waals surface area (Å²) >= 11 is 1.37. The van der Waals surface area contributed by atoms with Crippen molar-refractivity contribution < 1.29 is 19.1 Å². The first-order valence-electron chi connectivity index (χ1n) is 8.01. The Labute approximate surface area is 151 Å². The highest BCUT2D eigenvalue weighted by atomic mass is 32.2. The van der Waals surface area contributed by atoms with E-state index in [2.05, 4.69) is 5.32 Å². The number of anilines is 1. The molecule has 0 unspecified atom stereocenters. The molecule has 2 aromatic rings. The van der Waals surface area contributed by atoms with Gasteiger partial charge in [-0.25, -0.2) is 0 Å². The summed E-state index contributed by atoms with van der Waals surface area (Å²) in [5.41, 5.74) is 0.724. The fraction of sp³-hybridized carbons (Fsp3) is 0.263. The van der Waals surface area contributed by atoms with E-state index in [0.717, 1.165) is 17.0 Å². The molecule has 2 rings (SSSR count). The number of carbonyl (C=O) groups is 2. The van der Waals surface area contributed by atoms with Gasteiger partial charge in [0.25, 0.3) is 0 Å². The summed E-state index contributed by atoms with van der Waals surface area (Å²) in [6.45, 7) is 4.05. The third-order valence-corrected chi connectivity index (χ3v) is 4.05. The molecule has 132 valence electrons. The summed E-state index contributed by atoms with van der Waals surface area (Å²) in [6.07, 6.45) is 0.882. The van der Waals surface area contributed by atoms with Gasteiger partial charge in [-0.1, -0.05) is 19.1 Å². The van der Waals surface area contributed by atoms with Crippen LogP contribution in [0.4, 0.5) is 5.69 Å². The van der Waals surface area contributed by atoms with Crippen LogP contribution in [0.2, 0.25) is 0 Å². The second-order valence-electron chi connectivity index (χ2n) is 5.26. The zero-order valence-corrected chi connectivity index (χ0v) is 15.1. The third-order valence-electron chi connectivity index (χ3n) is 3.07. The number of para-hydroxylation sites is 2. The molecule has 0 aromatic heterocycles. The summed E-state index contributed by atoms with van der Waals surface area (Å²) in [5, 5.41) is 2.70. The maximum absolute atomic E-state index is 12.1. The van der Waals surface area contributed by atoms with E-state index in [1.54, 1.807) is 30.3 Å². The molecule has 25 heavy (non-hydrogen) atoms. The molecule has 0 saturated carbocycles. The van der Waals surface area contributed by atoms with Crippen LogP contribution in [0.1, 0.15) is 20.3 Å². The van der Waals surface area contributed by atoms with Crippen molar-refractivity contribution in [2.45, 2.75) is 25.2 Å². The Morgan fingerprint density at radius 1 is 1.04 bits per heavy atom. The van der Waals surface area contributed by atoms with Crippen LogP contribution in [-0.2, 0) is 9.59 Å². The van der Waals surface area contributed by atoms with Crippen LogP contribution in [0.15, 0.2) is 53.4 Å². The molecule has 5 nitrogen and oxygen atoms in total. The Morgan fingerprint density at radius 3 is 2.36 bits per heavy atom. The number of hydrogen-bond donors (Lipinski definition) is 1. The van der Waals surface area contributed by atoms with E-state index in [0.29, 0.717) is 18.1 Å². The minimum Gasteiger partial charge on any atom is -0.490 e. The topological polar surface area (TPSA) is 64.6 Å². The van der Waals surface area contributed by atoms with E-state index >= 15 is 0 Å². The fourth-order valence-electron chi connectivity index (χ4n) is 2.00. The van der Waals surface area contributed by atoms with Crippen LogP contribution >= 0.6 is 11.8 Å². The van der Waals surface area contributed by atoms with Crippen molar-refractivity contribution in [1.29, 1.82) is 0 Å². The number of benzene rings is 2. The second kappa shape index (κ2) is 9.74. The molecule has 0 aliphatic heterocycles. The SMILES string of the molecule is CCCOc1ccccc1OC(=O)CSc1ccc(NC(C)=O)cc1. The average molecular weight is 359 g/mol. The van der Waals surface area contributed by atoms with E-state index in [1.807, 2.05) is 25.1 Å². The third kappa shape index (κ3) is 6.51. The zero-order chi connectivity index (χ0) is 18.1. The van der Waals surface area contributed by atoms with Gasteiger partial charge in [-0.2, -0.15) is 0 Å². The molecule has 0 aliphatic carbocycles. The van der Waals surface area contributed by atoms with E-state index in [9.17, 15) is 9.59 Å². The summed E-state index contributed by atoms with van der Waals surface area (Å²) in [6, 6.07) is 14.4. The van der Waals surface area contributed by atoms with Crippen LogP contribution in [0, 0.1) is 0 Å². The number of rotatable bonds is 8. The van der Waals surface area contributed by atoms with Crippen molar-refractivity contribution in [1.82, 2.24) is 0 Å². The Balaban J connectivity index is 1.87. The number of ether oxygens (including phenoxy) is 2. The Kier molecular flexibility index (Phi) is 7.35. The molecule has 0 aliphatic rings. The minimum absolute atomic E-state index is 0.118. The first-order valence-corrected chi connectivity index (χ1v) is 9.00. The van der Waals surface area contributed by atoms with Crippen molar-refractivity contribution in [3.8, 4) is 11.5 Å². The Morgan fingerprint density at radius 2 is 1.72 bits per heavy atom. The molecule has 0 fully saturated rings. The first-order chi connectivity index (χ1) is 12.1.